The van der Waals surface area contributed by atoms with E-state index in [1.165, 1.54) is 4.90 Å². The van der Waals surface area contributed by atoms with Crippen molar-refractivity contribution in [2.24, 2.45) is 0 Å². The van der Waals surface area contributed by atoms with Gasteiger partial charge in [-0.3, -0.25) is 4.79 Å². The van der Waals surface area contributed by atoms with E-state index in [0.29, 0.717) is 6.54 Å². The van der Waals surface area contributed by atoms with Gasteiger partial charge in [0, 0.05) is 6.54 Å². The van der Waals surface area contributed by atoms with Crippen molar-refractivity contribution in [2.45, 2.75) is 19.5 Å². The molecule has 1 aliphatic rings. The summed E-state index contributed by atoms with van der Waals surface area (Å²) in [6, 6.07) is 7.30. The molecule has 1 heterocycles. The van der Waals surface area contributed by atoms with Crippen LogP contribution in [0.1, 0.15) is 12.5 Å². The van der Waals surface area contributed by atoms with Crippen molar-refractivity contribution in [3.05, 3.63) is 29.8 Å². The Kier molecular flexibility index (Phi) is 3.50. The zero-order chi connectivity index (χ0) is 13.1. The number of benzene rings is 1. The van der Waals surface area contributed by atoms with E-state index in [4.69, 9.17) is 9.47 Å². The minimum atomic E-state index is -0.776. The molecule has 1 atom stereocenters. The maximum atomic E-state index is 11.7. The molecule has 1 saturated heterocycles. The van der Waals surface area contributed by atoms with Gasteiger partial charge in [0.25, 0.3) is 0 Å². The highest BCUT2D eigenvalue weighted by Gasteiger charge is 2.33. The molecule has 1 aromatic rings. The fourth-order valence-electron chi connectivity index (χ4n) is 1.82. The van der Waals surface area contributed by atoms with Gasteiger partial charge in [0.05, 0.1) is 13.2 Å². The number of esters is 1. The molecule has 1 aliphatic heterocycles. The minimum Gasteiger partial charge on any atom is -0.497 e. The summed E-state index contributed by atoms with van der Waals surface area (Å²) in [5.41, 5.74) is 0.950. The molecular weight excluding hydrogens is 234 g/mol. The van der Waals surface area contributed by atoms with Crippen LogP contribution in [0.5, 0.6) is 5.75 Å². The van der Waals surface area contributed by atoms with Gasteiger partial charge >= 0.3 is 11.9 Å². The molecule has 96 valence electrons. The fraction of sp³-hybridized carbons (Fsp3) is 0.385. The number of hydrogen-bond donors (Lipinski definition) is 0. The Hall–Kier alpha value is -2.04. The molecule has 2 rings (SSSR count). The average Bonchev–Trinajstić information content (AvgIpc) is 2.40. The second kappa shape index (κ2) is 5.08. The molecule has 0 radical (unpaired) electrons. The Morgan fingerprint density at radius 1 is 1.33 bits per heavy atom. The lowest BCUT2D eigenvalue weighted by atomic mass is 10.1. The lowest BCUT2D eigenvalue weighted by Crippen LogP contribution is -2.50. The number of methoxy groups -OCH3 is 1. The summed E-state index contributed by atoms with van der Waals surface area (Å²) in [6.45, 7) is 2.51. The topological polar surface area (TPSA) is 55.8 Å². The molecule has 1 amide bonds. The maximum Gasteiger partial charge on any atom is 0.397 e. The zero-order valence-electron chi connectivity index (χ0n) is 10.4. The highest BCUT2D eigenvalue weighted by Crippen LogP contribution is 2.16. The van der Waals surface area contributed by atoms with Crippen LogP contribution >= 0.6 is 0 Å². The van der Waals surface area contributed by atoms with Crippen molar-refractivity contribution in [1.82, 2.24) is 4.90 Å². The van der Waals surface area contributed by atoms with Crippen LogP contribution in [-0.2, 0) is 20.9 Å². The Bertz CT molecular complexity index is 455. The van der Waals surface area contributed by atoms with Crippen molar-refractivity contribution in [3.8, 4) is 5.75 Å². The summed E-state index contributed by atoms with van der Waals surface area (Å²) in [5.74, 6) is -0.595. The van der Waals surface area contributed by atoms with Crippen molar-refractivity contribution >= 4 is 11.9 Å². The Morgan fingerprint density at radius 3 is 2.61 bits per heavy atom. The van der Waals surface area contributed by atoms with Crippen LogP contribution in [0.2, 0.25) is 0 Å². The Labute approximate surface area is 105 Å². The molecule has 18 heavy (non-hydrogen) atoms. The van der Waals surface area contributed by atoms with Crippen molar-refractivity contribution in [1.29, 1.82) is 0 Å². The number of morpholine rings is 1. The number of carbonyl (C=O) groups is 2. The van der Waals surface area contributed by atoms with Gasteiger partial charge in [-0.15, -0.1) is 0 Å². The maximum absolute atomic E-state index is 11.7. The Morgan fingerprint density at radius 2 is 2.00 bits per heavy atom. The van der Waals surface area contributed by atoms with Gasteiger partial charge < -0.3 is 14.4 Å². The normalized spacial score (nSPS) is 19.7. The minimum absolute atomic E-state index is 0.0997. The number of rotatable bonds is 3. The smallest absolute Gasteiger partial charge is 0.397 e. The van der Waals surface area contributed by atoms with Crippen molar-refractivity contribution < 1.29 is 19.1 Å². The van der Waals surface area contributed by atoms with E-state index < -0.39 is 11.9 Å². The number of ether oxygens (including phenoxy) is 2. The first-order valence-electron chi connectivity index (χ1n) is 5.72. The van der Waals surface area contributed by atoms with E-state index >= 15 is 0 Å². The molecule has 1 aromatic carbocycles. The second-order valence-corrected chi connectivity index (χ2v) is 4.23. The first-order valence-corrected chi connectivity index (χ1v) is 5.72. The van der Waals surface area contributed by atoms with Crippen molar-refractivity contribution in [2.75, 3.05) is 13.7 Å². The third-order valence-electron chi connectivity index (χ3n) is 2.94. The average molecular weight is 249 g/mol. The molecule has 0 saturated carbocycles. The lowest BCUT2D eigenvalue weighted by Gasteiger charge is -2.32. The number of carbonyl (C=O) groups excluding carboxylic acids is 2. The molecule has 1 unspecified atom stereocenters. The summed E-state index contributed by atoms with van der Waals surface area (Å²) in [5, 5.41) is 0. The summed E-state index contributed by atoms with van der Waals surface area (Å²) in [7, 11) is 1.60. The SMILES string of the molecule is COc1ccc(CN2C(=O)C(=O)OCC2C)cc1. The molecule has 5 nitrogen and oxygen atoms in total. The molecule has 0 N–H and O–H groups in total. The molecule has 1 fully saturated rings. The van der Waals surface area contributed by atoms with Gasteiger partial charge in [-0.1, -0.05) is 12.1 Å². The van der Waals surface area contributed by atoms with E-state index in [1.54, 1.807) is 7.11 Å². The van der Waals surface area contributed by atoms with E-state index in [-0.39, 0.29) is 12.6 Å². The molecule has 0 aliphatic carbocycles. The van der Waals surface area contributed by atoms with Crippen LogP contribution < -0.4 is 4.74 Å². The molecule has 5 heteroatoms. The largest absolute Gasteiger partial charge is 0.497 e. The third kappa shape index (κ3) is 2.45. The second-order valence-electron chi connectivity index (χ2n) is 4.23. The van der Waals surface area contributed by atoms with Crippen LogP contribution in [-0.4, -0.2) is 36.5 Å². The number of hydrogen-bond acceptors (Lipinski definition) is 4. The highest BCUT2D eigenvalue weighted by atomic mass is 16.5. The van der Waals surface area contributed by atoms with E-state index in [0.717, 1.165) is 11.3 Å². The number of amides is 1. The van der Waals surface area contributed by atoms with Gasteiger partial charge in [0.2, 0.25) is 0 Å². The van der Waals surface area contributed by atoms with Crippen LogP contribution in [0.25, 0.3) is 0 Å². The quantitative estimate of drug-likeness (QED) is 0.591. The van der Waals surface area contributed by atoms with E-state index in [1.807, 2.05) is 31.2 Å². The van der Waals surface area contributed by atoms with Crippen LogP contribution in [0.3, 0.4) is 0 Å². The zero-order valence-corrected chi connectivity index (χ0v) is 10.4. The number of cyclic esters (lactones) is 1. The van der Waals surface area contributed by atoms with E-state index in [9.17, 15) is 9.59 Å². The van der Waals surface area contributed by atoms with Gasteiger partial charge in [0.1, 0.15) is 12.4 Å². The first-order chi connectivity index (χ1) is 8.61. The molecule has 0 spiro atoms. The van der Waals surface area contributed by atoms with Gasteiger partial charge in [-0.25, -0.2) is 4.79 Å². The first kappa shape index (κ1) is 12.4. The summed E-state index contributed by atoms with van der Waals surface area (Å²) in [6.07, 6.45) is 0. The predicted octanol–water partition coefficient (Wildman–Crippen LogP) is 0.969. The number of nitrogens with zero attached hydrogens (tertiary/aromatic N) is 1. The Balaban J connectivity index is 2.11. The van der Waals surface area contributed by atoms with E-state index in [2.05, 4.69) is 0 Å². The van der Waals surface area contributed by atoms with Crippen molar-refractivity contribution in [3.63, 3.8) is 0 Å². The summed E-state index contributed by atoms with van der Waals surface area (Å²) < 4.78 is 9.82. The fourth-order valence-corrected chi connectivity index (χ4v) is 1.82. The molecule has 0 aromatic heterocycles. The van der Waals surface area contributed by atoms with Gasteiger partial charge in [-0.2, -0.15) is 0 Å². The summed E-state index contributed by atoms with van der Waals surface area (Å²) >= 11 is 0. The standard InChI is InChI=1S/C13H15NO4/c1-9-8-18-13(16)12(15)14(9)7-10-3-5-11(17-2)6-4-10/h3-6,9H,7-8H2,1-2H3. The highest BCUT2D eigenvalue weighted by molar-refractivity contribution is 6.32. The van der Waals surface area contributed by atoms with Crippen LogP contribution in [0, 0.1) is 0 Å². The monoisotopic (exact) mass is 249 g/mol. The van der Waals surface area contributed by atoms with Crippen LogP contribution in [0.15, 0.2) is 24.3 Å². The summed E-state index contributed by atoms with van der Waals surface area (Å²) in [4.78, 5) is 24.4. The third-order valence-corrected chi connectivity index (χ3v) is 2.94. The van der Waals surface area contributed by atoms with Gasteiger partial charge in [-0.05, 0) is 24.6 Å². The molecular formula is C13H15NO4. The van der Waals surface area contributed by atoms with Gasteiger partial charge in [0.15, 0.2) is 0 Å². The lowest BCUT2D eigenvalue weighted by molar-refractivity contribution is -0.170. The predicted molar refractivity (Wildman–Crippen MR) is 64.0 cm³/mol. The van der Waals surface area contributed by atoms with Crippen LogP contribution in [0.4, 0.5) is 0 Å². The molecule has 0 bridgehead atoms.